The molecule has 1 aromatic heterocycles. The van der Waals surface area contributed by atoms with Gasteiger partial charge in [0.15, 0.2) is 0 Å². The van der Waals surface area contributed by atoms with E-state index in [9.17, 15) is 18.0 Å². The van der Waals surface area contributed by atoms with Gasteiger partial charge >= 0.3 is 6.18 Å². The lowest BCUT2D eigenvalue weighted by Gasteiger charge is -2.15. The number of nitrogens with one attached hydrogen (secondary N) is 1. The van der Waals surface area contributed by atoms with Gasteiger partial charge in [0.2, 0.25) is 5.91 Å². The molecule has 1 heterocycles. The zero-order valence-electron chi connectivity index (χ0n) is 12.7. The van der Waals surface area contributed by atoms with Crippen LogP contribution < -0.4 is 5.32 Å². The number of amides is 1. The van der Waals surface area contributed by atoms with Gasteiger partial charge in [0.1, 0.15) is 6.04 Å². The molecule has 0 saturated carbocycles. The van der Waals surface area contributed by atoms with Gasteiger partial charge in [-0.1, -0.05) is 12.1 Å². The molecule has 3 aromatic rings. The molecule has 1 unspecified atom stereocenters. The Hall–Kier alpha value is -2.83. The number of para-hydroxylation sites is 2. The van der Waals surface area contributed by atoms with Crippen LogP contribution in [0.1, 0.15) is 18.5 Å². The van der Waals surface area contributed by atoms with Crippen LogP contribution in [-0.4, -0.2) is 15.5 Å². The number of halogens is 3. The molecule has 4 nitrogen and oxygen atoms in total. The normalized spacial score (nSPS) is 13.0. The van der Waals surface area contributed by atoms with Crippen LogP contribution in [-0.2, 0) is 11.0 Å². The summed E-state index contributed by atoms with van der Waals surface area (Å²) in [5, 5.41) is 2.62. The second-order valence-corrected chi connectivity index (χ2v) is 5.38. The van der Waals surface area contributed by atoms with Gasteiger partial charge in [-0.15, -0.1) is 0 Å². The summed E-state index contributed by atoms with van der Waals surface area (Å²) < 4.78 is 39.4. The summed E-state index contributed by atoms with van der Waals surface area (Å²) in [5.41, 5.74) is 1.14. The molecule has 1 N–H and O–H groups in total. The lowest BCUT2D eigenvalue weighted by atomic mass is 10.2. The van der Waals surface area contributed by atoms with Gasteiger partial charge in [0.05, 0.1) is 22.9 Å². The maximum atomic E-state index is 12.5. The fourth-order valence-electron chi connectivity index (χ4n) is 2.40. The lowest BCUT2D eigenvalue weighted by molar-refractivity contribution is -0.137. The molecule has 0 bridgehead atoms. The Kier molecular flexibility index (Phi) is 4.01. The number of fused-ring (bicyclic) bond motifs is 1. The third kappa shape index (κ3) is 3.10. The molecule has 124 valence electrons. The van der Waals surface area contributed by atoms with Crippen LogP contribution >= 0.6 is 0 Å². The Balaban J connectivity index is 1.77. The first kappa shape index (κ1) is 16.0. The number of anilines is 1. The number of alkyl halides is 3. The highest BCUT2D eigenvalue weighted by atomic mass is 19.4. The van der Waals surface area contributed by atoms with Gasteiger partial charge in [0, 0.05) is 5.69 Å². The minimum absolute atomic E-state index is 0.310. The van der Waals surface area contributed by atoms with Crippen molar-refractivity contribution in [2.45, 2.75) is 19.1 Å². The molecule has 3 rings (SSSR count). The van der Waals surface area contributed by atoms with E-state index < -0.39 is 17.8 Å². The molecule has 0 fully saturated rings. The number of rotatable bonds is 3. The van der Waals surface area contributed by atoms with Gasteiger partial charge in [-0.25, -0.2) is 4.98 Å². The van der Waals surface area contributed by atoms with Crippen LogP contribution in [0.25, 0.3) is 11.0 Å². The Morgan fingerprint density at radius 3 is 2.46 bits per heavy atom. The highest BCUT2D eigenvalue weighted by Crippen LogP contribution is 2.30. The van der Waals surface area contributed by atoms with Crippen LogP contribution in [0.5, 0.6) is 0 Å². The van der Waals surface area contributed by atoms with Crippen molar-refractivity contribution in [1.29, 1.82) is 0 Å². The van der Waals surface area contributed by atoms with Crippen LogP contribution in [0.3, 0.4) is 0 Å². The fraction of sp³-hybridized carbons (Fsp3) is 0.176. The Morgan fingerprint density at radius 1 is 1.12 bits per heavy atom. The molecule has 7 heteroatoms. The van der Waals surface area contributed by atoms with Crippen molar-refractivity contribution in [3.8, 4) is 0 Å². The van der Waals surface area contributed by atoms with Gasteiger partial charge in [-0.05, 0) is 43.3 Å². The van der Waals surface area contributed by atoms with E-state index >= 15 is 0 Å². The summed E-state index contributed by atoms with van der Waals surface area (Å²) in [5.74, 6) is -0.335. The highest BCUT2D eigenvalue weighted by molar-refractivity contribution is 5.94. The quantitative estimate of drug-likeness (QED) is 0.779. The number of hydrogen-bond donors (Lipinski definition) is 1. The van der Waals surface area contributed by atoms with Crippen LogP contribution in [0.15, 0.2) is 54.9 Å². The fourth-order valence-corrected chi connectivity index (χ4v) is 2.40. The Bertz CT molecular complexity index is 869. The average Bonchev–Trinajstić information content (AvgIpc) is 2.97. The Labute approximate surface area is 135 Å². The minimum Gasteiger partial charge on any atom is -0.324 e. The van der Waals surface area contributed by atoms with E-state index in [4.69, 9.17) is 0 Å². The third-order valence-electron chi connectivity index (χ3n) is 3.76. The summed E-state index contributed by atoms with van der Waals surface area (Å²) in [4.78, 5) is 16.6. The molecule has 1 amide bonds. The molecular weight excluding hydrogens is 319 g/mol. The van der Waals surface area contributed by atoms with E-state index in [0.29, 0.717) is 5.69 Å². The molecule has 0 saturated heterocycles. The van der Waals surface area contributed by atoms with Gasteiger partial charge in [-0.2, -0.15) is 13.2 Å². The maximum Gasteiger partial charge on any atom is 0.416 e. The number of hydrogen-bond acceptors (Lipinski definition) is 2. The molecule has 0 aliphatic rings. The molecule has 1 atom stereocenters. The molecule has 0 aliphatic carbocycles. The number of benzene rings is 2. The standard InChI is InChI=1S/C17H14F3N3O/c1-11(23-10-21-14-4-2-3-5-15(14)23)16(24)22-13-8-6-12(7-9-13)17(18,19)20/h2-11H,1H3,(H,22,24). The molecule has 0 aliphatic heterocycles. The smallest absolute Gasteiger partial charge is 0.324 e. The van der Waals surface area contributed by atoms with E-state index in [-0.39, 0.29) is 5.91 Å². The summed E-state index contributed by atoms with van der Waals surface area (Å²) in [6.07, 6.45) is -2.83. The predicted octanol–water partition coefficient (Wildman–Crippen LogP) is 4.25. The average molecular weight is 333 g/mol. The van der Waals surface area contributed by atoms with E-state index in [0.717, 1.165) is 23.2 Å². The molecule has 0 radical (unpaired) electrons. The summed E-state index contributed by atoms with van der Waals surface area (Å²) >= 11 is 0. The van der Waals surface area contributed by atoms with Gasteiger partial charge in [0.25, 0.3) is 0 Å². The maximum absolute atomic E-state index is 12.5. The largest absolute Gasteiger partial charge is 0.416 e. The van der Waals surface area contributed by atoms with Crippen molar-refractivity contribution >= 4 is 22.6 Å². The zero-order valence-corrected chi connectivity index (χ0v) is 12.7. The molecule has 24 heavy (non-hydrogen) atoms. The van der Waals surface area contributed by atoms with Crippen molar-refractivity contribution in [3.63, 3.8) is 0 Å². The number of aromatic nitrogens is 2. The lowest BCUT2D eigenvalue weighted by Crippen LogP contribution is -2.23. The SMILES string of the molecule is CC(C(=O)Nc1ccc(C(F)(F)F)cc1)n1cnc2ccccc21. The van der Waals surface area contributed by atoms with E-state index in [2.05, 4.69) is 10.3 Å². The predicted molar refractivity (Wildman–Crippen MR) is 84.5 cm³/mol. The minimum atomic E-state index is -4.40. The van der Waals surface area contributed by atoms with E-state index in [1.165, 1.54) is 12.1 Å². The van der Waals surface area contributed by atoms with Crippen molar-refractivity contribution in [2.24, 2.45) is 0 Å². The number of carbonyl (C=O) groups excluding carboxylic acids is 1. The third-order valence-corrected chi connectivity index (χ3v) is 3.76. The van der Waals surface area contributed by atoms with Crippen LogP contribution in [0.4, 0.5) is 18.9 Å². The molecule has 2 aromatic carbocycles. The molecule has 0 spiro atoms. The van der Waals surface area contributed by atoms with Gasteiger partial charge < -0.3 is 9.88 Å². The summed E-state index contributed by atoms with van der Waals surface area (Å²) in [7, 11) is 0. The second-order valence-electron chi connectivity index (χ2n) is 5.38. The van der Waals surface area contributed by atoms with Crippen molar-refractivity contribution < 1.29 is 18.0 Å². The van der Waals surface area contributed by atoms with Gasteiger partial charge in [-0.3, -0.25) is 4.79 Å². The topological polar surface area (TPSA) is 46.9 Å². The summed E-state index contributed by atoms with van der Waals surface area (Å²) in [6, 6.07) is 11.2. The van der Waals surface area contributed by atoms with E-state index in [1.807, 2.05) is 24.3 Å². The number of imidazole rings is 1. The Morgan fingerprint density at radius 2 is 1.79 bits per heavy atom. The van der Waals surface area contributed by atoms with Crippen molar-refractivity contribution in [3.05, 3.63) is 60.4 Å². The van der Waals surface area contributed by atoms with Crippen molar-refractivity contribution in [1.82, 2.24) is 9.55 Å². The second kappa shape index (κ2) is 5.99. The number of carbonyl (C=O) groups is 1. The monoisotopic (exact) mass is 333 g/mol. The first-order valence-corrected chi connectivity index (χ1v) is 7.26. The number of nitrogens with zero attached hydrogens (tertiary/aromatic N) is 2. The summed E-state index contributed by atoms with van der Waals surface area (Å²) in [6.45, 7) is 1.70. The first-order chi connectivity index (χ1) is 11.4. The van der Waals surface area contributed by atoms with E-state index in [1.54, 1.807) is 17.8 Å². The zero-order chi connectivity index (χ0) is 17.3. The molecular formula is C17H14F3N3O. The van der Waals surface area contributed by atoms with Crippen molar-refractivity contribution in [2.75, 3.05) is 5.32 Å². The first-order valence-electron chi connectivity index (χ1n) is 7.26. The van der Waals surface area contributed by atoms with Crippen LogP contribution in [0.2, 0.25) is 0 Å². The highest BCUT2D eigenvalue weighted by Gasteiger charge is 2.30. The van der Waals surface area contributed by atoms with Crippen LogP contribution in [0, 0.1) is 0 Å².